The number of ether oxygens (including phenoxy) is 1. The molecule has 0 bridgehead atoms. The molecule has 2 N–H and O–H groups in total. The first-order valence-corrected chi connectivity index (χ1v) is 7.59. The number of nitrogens with one attached hydrogen (secondary N) is 2. The standard InChI is InChI=1S/C16H22N4O2/c17-13-14-3-1-2-4-15(14)18-6-5-16(21)19-7-8-20-9-11-22-12-10-20/h1-4,18H,5-12H2,(H,19,21). The second kappa shape index (κ2) is 9.03. The van der Waals surface area contributed by atoms with Crippen molar-refractivity contribution in [3.63, 3.8) is 0 Å². The molecule has 2 rings (SSSR count). The SMILES string of the molecule is N#Cc1ccccc1NCCC(=O)NCCN1CCOCC1. The zero-order valence-electron chi connectivity index (χ0n) is 12.7. The van der Waals surface area contributed by atoms with Crippen LogP contribution in [0.3, 0.4) is 0 Å². The molecule has 0 saturated carbocycles. The fourth-order valence-corrected chi connectivity index (χ4v) is 2.31. The van der Waals surface area contributed by atoms with Gasteiger partial charge in [0.1, 0.15) is 6.07 Å². The van der Waals surface area contributed by atoms with E-state index in [1.165, 1.54) is 0 Å². The fourth-order valence-electron chi connectivity index (χ4n) is 2.31. The minimum Gasteiger partial charge on any atom is -0.383 e. The van der Waals surface area contributed by atoms with Crippen LogP contribution in [-0.2, 0) is 9.53 Å². The highest BCUT2D eigenvalue weighted by Gasteiger charge is 2.10. The Morgan fingerprint density at radius 3 is 2.82 bits per heavy atom. The number of para-hydroxylation sites is 1. The highest BCUT2D eigenvalue weighted by atomic mass is 16.5. The van der Waals surface area contributed by atoms with E-state index in [4.69, 9.17) is 10.00 Å². The van der Waals surface area contributed by atoms with Gasteiger partial charge in [-0.25, -0.2) is 0 Å². The van der Waals surface area contributed by atoms with Crippen molar-refractivity contribution in [2.45, 2.75) is 6.42 Å². The Bertz CT molecular complexity index is 521. The summed E-state index contributed by atoms with van der Waals surface area (Å²) in [6, 6.07) is 9.41. The summed E-state index contributed by atoms with van der Waals surface area (Å²) in [6.45, 7) is 5.45. The molecule has 0 aromatic heterocycles. The number of hydrogen-bond acceptors (Lipinski definition) is 5. The van der Waals surface area contributed by atoms with E-state index >= 15 is 0 Å². The summed E-state index contributed by atoms with van der Waals surface area (Å²) in [7, 11) is 0. The van der Waals surface area contributed by atoms with E-state index in [2.05, 4.69) is 21.6 Å². The molecule has 1 aliphatic heterocycles. The predicted octanol–water partition coefficient (Wildman–Crippen LogP) is 0.809. The molecule has 1 aromatic rings. The molecule has 1 saturated heterocycles. The van der Waals surface area contributed by atoms with Crippen LogP contribution in [0.4, 0.5) is 5.69 Å². The molecule has 1 amide bonds. The third kappa shape index (κ3) is 5.35. The Balaban J connectivity index is 1.60. The van der Waals surface area contributed by atoms with Gasteiger partial charge in [-0.3, -0.25) is 9.69 Å². The van der Waals surface area contributed by atoms with E-state index in [0.717, 1.165) is 38.5 Å². The van der Waals surface area contributed by atoms with Gasteiger partial charge in [0.2, 0.25) is 5.91 Å². The number of carbonyl (C=O) groups is 1. The van der Waals surface area contributed by atoms with Crippen molar-refractivity contribution < 1.29 is 9.53 Å². The second-order valence-electron chi connectivity index (χ2n) is 5.14. The minimum absolute atomic E-state index is 0.0233. The number of carbonyl (C=O) groups excluding carboxylic acids is 1. The van der Waals surface area contributed by atoms with E-state index in [0.29, 0.717) is 25.1 Å². The van der Waals surface area contributed by atoms with Gasteiger partial charge in [0, 0.05) is 39.1 Å². The predicted molar refractivity (Wildman–Crippen MR) is 84.5 cm³/mol. The van der Waals surface area contributed by atoms with E-state index in [-0.39, 0.29) is 5.91 Å². The maximum absolute atomic E-state index is 11.8. The number of hydrogen-bond donors (Lipinski definition) is 2. The Hall–Kier alpha value is -2.10. The largest absolute Gasteiger partial charge is 0.383 e. The van der Waals surface area contributed by atoms with Crippen LogP contribution in [0, 0.1) is 11.3 Å². The maximum Gasteiger partial charge on any atom is 0.221 e. The molecule has 0 atom stereocenters. The molecular formula is C16H22N4O2. The molecular weight excluding hydrogens is 280 g/mol. The van der Waals surface area contributed by atoms with Crippen LogP contribution in [0.5, 0.6) is 0 Å². The normalized spacial score (nSPS) is 15.0. The van der Waals surface area contributed by atoms with Crippen LogP contribution in [0.2, 0.25) is 0 Å². The molecule has 1 fully saturated rings. The lowest BCUT2D eigenvalue weighted by molar-refractivity contribution is -0.120. The van der Waals surface area contributed by atoms with E-state index in [1.807, 2.05) is 18.2 Å². The molecule has 1 aliphatic rings. The molecule has 1 heterocycles. The van der Waals surface area contributed by atoms with Crippen molar-refractivity contribution in [2.75, 3.05) is 51.3 Å². The van der Waals surface area contributed by atoms with Crippen molar-refractivity contribution in [1.29, 1.82) is 5.26 Å². The lowest BCUT2D eigenvalue weighted by atomic mass is 10.2. The summed E-state index contributed by atoms with van der Waals surface area (Å²) in [5.74, 6) is 0.0233. The topological polar surface area (TPSA) is 77.4 Å². The van der Waals surface area contributed by atoms with Gasteiger partial charge in [0.05, 0.1) is 24.5 Å². The average molecular weight is 302 g/mol. The fraction of sp³-hybridized carbons (Fsp3) is 0.500. The minimum atomic E-state index is 0.0233. The third-order valence-electron chi connectivity index (χ3n) is 3.57. The molecule has 6 nitrogen and oxygen atoms in total. The van der Waals surface area contributed by atoms with Gasteiger partial charge in [-0.05, 0) is 12.1 Å². The Labute approximate surface area is 131 Å². The first-order chi connectivity index (χ1) is 10.8. The van der Waals surface area contributed by atoms with Gasteiger partial charge in [-0.2, -0.15) is 5.26 Å². The van der Waals surface area contributed by atoms with Crippen LogP contribution in [0.1, 0.15) is 12.0 Å². The average Bonchev–Trinajstić information content (AvgIpc) is 2.56. The number of rotatable bonds is 7. The first-order valence-electron chi connectivity index (χ1n) is 7.59. The van der Waals surface area contributed by atoms with Crippen molar-refractivity contribution >= 4 is 11.6 Å². The van der Waals surface area contributed by atoms with Crippen molar-refractivity contribution in [3.8, 4) is 6.07 Å². The zero-order valence-corrected chi connectivity index (χ0v) is 12.7. The lowest BCUT2D eigenvalue weighted by Gasteiger charge is -2.26. The second-order valence-corrected chi connectivity index (χ2v) is 5.14. The molecule has 0 radical (unpaired) electrons. The van der Waals surface area contributed by atoms with Crippen LogP contribution < -0.4 is 10.6 Å². The summed E-state index contributed by atoms with van der Waals surface area (Å²) in [6.07, 6.45) is 0.392. The molecule has 6 heteroatoms. The first kappa shape index (κ1) is 16.3. The monoisotopic (exact) mass is 302 g/mol. The van der Waals surface area contributed by atoms with Gasteiger partial charge in [0.15, 0.2) is 0 Å². The number of amides is 1. The van der Waals surface area contributed by atoms with Crippen molar-refractivity contribution in [1.82, 2.24) is 10.2 Å². The number of benzene rings is 1. The number of nitrogens with zero attached hydrogens (tertiary/aromatic N) is 2. The summed E-state index contributed by atoms with van der Waals surface area (Å²) < 4.78 is 5.28. The van der Waals surface area contributed by atoms with Crippen LogP contribution in [0.15, 0.2) is 24.3 Å². The highest BCUT2D eigenvalue weighted by molar-refractivity contribution is 5.76. The van der Waals surface area contributed by atoms with Crippen LogP contribution in [-0.4, -0.2) is 56.7 Å². The smallest absolute Gasteiger partial charge is 0.221 e. The third-order valence-corrected chi connectivity index (χ3v) is 3.57. The summed E-state index contributed by atoms with van der Waals surface area (Å²) in [5, 5.41) is 15.0. The van der Waals surface area contributed by atoms with Gasteiger partial charge in [-0.15, -0.1) is 0 Å². The highest BCUT2D eigenvalue weighted by Crippen LogP contribution is 2.12. The quantitative estimate of drug-likeness (QED) is 0.779. The van der Waals surface area contributed by atoms with Crippen molar-refractivity contribution in [3.05, 3.63) is 29.8 Å². The van der Waals surface area contributed by atoms with Crippen molar-refractivity contribution in [2.24, 2.45) is 0 Å². The van der Waals surface area contributed by atoms with Gasteiger partial charge in [-0.1, -0.05) is 12.1 Å². The Morgan fingerprint density at radius 2 is 2.05 bits per heavy atom. The maximum atomic E-state index is 11.8. The molecule has 0 unspecified atom stereocenters. The number of morpholine rings is 1. The molecule has 1 aromatic carbocycles. The van der Waals surface area contributed by atoms with E-state index < -0.39 is 0 Å². The summed E-state index contributed by atoms with van der Waals surface area (Å²) in [4.78, 5) is 14.1. The Morgan fingerprint density at radius 1 is 1.27 bits per heavy atom. The summed E-state index contributed by atoms with van der Waals surface area (Å²) >= 11 is 0. The Kier molecular flexibility index (Phi) is 6.68. The molecule has 0 spiro atoms. The van der Waals surface area contributed by atoms with E-state index in [9.17, 15) is 4.79 Å². The molecule has 22 heavy (non-hydrogen) atoms. The summed E-state index contributed by atoms with van der Waals surface area (Å²) in [5.41, 5.74) is 1.36. The number of nitriles is 1. The van der Waals surface area contributed by atoms with Gasteiger partial charge < -0.3 is 15.4 Å². The van der Waals surface area contributed by atoms with Crippen LogP contribution >= 0.6 is 0 Å². The zero-order chi connectivity index (χ0) is 15.6. The van der Waals surface area contributed by atoms with E-state index in [1.54, 1.807) is 6.07 Å². The van der Waals surface area contributed by atoms with Gasteiger partial charge >= 0.3 is 0 Å². The van der Waals surface area contributed by atoms with Crippen LogP contribution in [0.25, 0.3) is 0 Å². The molecule has 0 aliphatic carbocycles. The number of anilines is 1. The lowest BCUT2D eigenvalue weighted by Crippen LogP contribution is -2.41. The molecule has 118 valence electrons. The van der Waals surface area contributed by atoms with Gasteiger partial charge in [0.25, 0.3) is 0 Å².